The molecule has 0 aliphatic carbocycles. The van der Waals surface area contributed by atoms with Crippen LogP contribution in [0.25, 0.3) is 0 Å². The van der Waals surface area contributed by atoms with E-state index >= 15 is 0 Å². The van der Waals surface area contributed by atoms with Gasteiger partial charge < -0.3 is 15.1 Å². The highest BCUT2D eigenvalue weighted by atomic mass is 16.3. The Bertz CT molecular complexity index is 367. The van der Waals surface area contributed by atoms with Crippen LogP contribution in [0.2, 0.25) is 0 Å². The standard InChI is InChI=1S/C13H20N2O2/c1-10(15-5-3-14(2)4-6-15)11-7-12(16)9-13(17)8-11/h7-10,16-17H,3-6H2,1-2H3. The van der Waals surface area contributed by atoms with Gasteiger partial charge in [-0.2, -0.15) is 0 Å². The lowest BCUT2D eigenvalue weighted by Crippen LogP contribution is -2.45. The highest BCUT2D eigenvalue weighted by molar-refractivity contribution is 5.38. The lowest BCUT2D eigenvalue weighted by Gasteiger charge is -2.36. The Kier molecular flexibility index (Phi) is 3.54. The Morgan fingerprint density at radius 2 is 1.53 bits per heavy atom. The monoisotopic (exact) mass is 236 g/mol. The number of aromatic hydroxyl groups is 2. The first kappa shape index (κ1) is 12.2. The van der Waals surface area contributed by atoms with Crippen molar-refractivity contribution >= 4 is 0 Å². The minimum Gasteiger partial charge on any atom is -0.508 e. The number of benzene rings is 1. The van der Waals surface area contributed by atoms with E-state index in [1.807, 2.05) is 0 Å². The van der Waals surface area contributed by atoms with Crippen LogP contribution in [0.3, 0.4) is 0 Å². The summed E-state index contributed by atoms with van der Waals surface area (Å²) >= 11 is 0. The van der Waals surface area contributed by atoms with Gasteiger partial charge in [0.05, 0.1) is 0 Å². The first-order chi connectivity index (χ1) is 8.06. The van der Waals surface area contributed by atoms with E-state index in [-0.39, 0.29) is 17.5 Å². The van der Waals surface area contributed by atoms with Gasteiger partial charge >= 0.3 is 0 Å². The highest BCUT2D eigenvalue weighted by Gasteiger charge is 2.20. The maximum absolute atomic E-state index is 9.50. The first-order valence-electron chi connectivity index (χ1n) is 6.02. The fourth-order valence-corrected chi connectivity index (χ4v) is 2.28. The third-order valence-corrected chi connectivity index (χ3v) is 3.49. The van der Waals surface area contributed by atoms with Crippen molar-refractivity contribution in [2.75, 3.05) is 33.2 Å². The second-order valence-electron chi connectivity index (χ2n) is 4.80. The van der Waals surface area contributed by atoms with E-state index in [2.05, 4.69) is 23.8 Å². The molecule has 0 spiro atoms. The lowest BCUT2D eigenvalue weighted by molar-refractivity contribution is 0.119. The van der Waals surface area contributed by atoms with E-state index in [4.69, 9.17) is 0 Å². The number of rotatable bonds is 2. The lowest BCUT2D eigenvalue weighted by atomic mass is 10.1. The quantitative estimate of drug-likeness (QED) is 0.815. The van der Waals surface area contributed by atoms with E-state index in [0.29, 0.717) is 0 Å². The fraction of sp³-hybridized carbons (Fsp3) is 0.538. The summed E-state index contributed by atoms with van der Waals surface area (Å²) in [5.41, 5.74) is 0.965. The Hall–Kier alpha value is -1.26. The van der Waals surface area contributed by atoms with Gasteiger partial charge in [0.2, 0.25) is 0 Å². The maximum atomic E-state index is 9.50. The first-order valence-corrected chi connectivity index (χ1v) is 6.02. The van der Waals surface area contributed by atoms with E-state index in [0.717, 1.165) is 31.7 Å². The summed E-state index contributed by atoms with van der Waals surface area (Å²) in [5, 5.41) is 19.0. The van der Waals surface area contributed by atoms with Gasteiger partial charge in [0, 0.05) is 38.3 Å². The molecule has 0 aromatic heterocycles. The largest absolute Gasteiger partial charge is 0.508 e. The van der Waals surface area contributed by atoms with E-state index in [1.165, 1.54) is 6.07 Å². The summed E-state index contributed by atoms with van der Waals surface area (Å²) in [5.74, 6) is 0.252. The van der Waals surface area contributed by atoms with Gasteiger partial charge in [-0.05, 0) is 31.7 Å². The van der Waals surface area contributed by atoms with Crippen LogP contribution in [0, 0.1) is 0 Å². The maximum Gasteiger partial charge on any atom is 0.119 e. The molecule has 1 aliphatic heterocycles. The second kappa shape index (κ2) is 4.94. The van der Waals surface area contributed by atoms with Crippen molar-refractivity contribution in [1.29, 1.82) is 0 Å². The molecule has 1 heterocycles. The molecule has 1 unspecified atom stereocenters. The minimum absolute atomic E-state index is 0.126. The molecule has 4 heteroatoms. The molecule has 2 rings (SSSR count). The normalized spacial score (nSPS) is 20.4. The van der Waals surface area contributed by atoms with Crippen molar-refractivity contribution in [3.63, 3.8) is 0 Å². The molecule has 0 bridgehead atoms. The molecule has 1 fully saturated rings. The Morgan fingerprint density at radius 3 is 2.06 bits per heavy atom. The summed E-state index contributed by atoms with van der Waals surface area (Å²) < 4.78 is 0. The molecular weight excluding hydrogens is 216 g/mol. The minimum atomic E-state index is 0.126. The zero-order valence-electron chi connectivity index (χ0n) is 10.4. The zero-order valence-corrected chi connectivity index (χ0v) is 10.4. The molecule has 1 saturated heterocycles. The summed E-state index contributed by atoms with van der Waals surface area (Å²) in [4.78, 5) is 4.68. The highest BCUT2D eigenvalue weighted by Crippen LogP contribution is 2.28. The number of nitrogens with zero attached hydrogens (tertiary/aromatic N) is 2. The number of phenolic OH excluding ortho intramolecular Hbond substituents is 2. The molecule has 0 amide bonds. The van der Waals surface area contributed by atoms with Crippen LogP contribution in [0.5, 0.6) is 11.5 Å². The Balaban J connectivity index is 2.10. The molecule has 94 valence electrons. The van der Waals surface area contributed by atoms with E-state index in [1.54, 1.807) is 12.1 Å². The molecule has 1 aliphatic rings. The molecule has 0 radical (unpaired) electrons. The smallest absolute Gasteiger partial charge is 0.119 e. The van der Waals surface area contributed by atoms with Gasteiger partial charge in [-0.1, -0.05) is 0 Å². The van der Waals surface area contributed by atoms with Gasteiger partial charge in [-0.25, -0.2) is 0 Å². The Labute approximate surface area is 102 Å². The van der Waals surface area contributed by atoms with E-state index < -0.39 is 0 Å². The van der Waals surface area contributed by atoms with Gasteiger partial charge in [0.25, 0.3) is 0 Å². The van der Waals surface area contributed by atoms with Crippen LogP contribution in [-0.2, 0) is 0 Å². The topological polar surface area (TPSA) is 46.9 Å². The summed E-state index contributed by atoms with van der Waals surface area (Å²) in [6.45, 7) is 6.28. The molecular formula is C13H20N2O2. The van der Waals surface area contributed by atoms with Gasteiger partial charge in [-0.15, -0.1) is 0 Å². The predicted octanol–water partition coefficient (Wildman–Crippen LogP) is 1.41. The van der Waals surface area contributed by atoms with Crippen LogP contribution in [0.15, 0.2) is 18.2 Å². The molecule has 4 nitrogen and oxygen atoms in total. The molecule has 17 heavy (non-hydrogen) atoms. The molecule has 1 atom stereocenters. The molecule has 1 aromatic carbocycles. The van der Waals surface area contributed by atoms with Crippen molar-refractivity contribution in [2.45, 2.75) is 13.0 Å². The van der Waals surface area contributed by atoms with Crippen molar-refractivity contribution in [1.82, 2.24) is 9.80 Å². The van der Waals surface area contributed by atoms with Crippen LogP contribution in [0.1, 0.15) is 18.5 Å². The average molecular weight is 236 g/mol. The zero-order chi connectivity index (χ0) is 12.4. The van der Waals surface area contributed by atoms with Crippen LogP contribution < -0.4 is 0 Å². The molecule has 2 N–H and O–H groups in total. The van der Waals surface area contributed by atoms with Crippen LogP contribution in [0.4, 0.5) is 0 Å². The second-order valence-corrected chi connectivity index (χ2v) is 4.80. The fourth-order valence-electron chi connectivity index (χ4n) is 2.28. The average Bonchev–Trinajstić information content (AvgIpc) is 2.28. The number of piperazine rings is 1. The summed E-state index contributed by atoms with van der Waals surface area (Å²) in [7, 11) is 2.13. The van der Waals surface area contributed by atoms with Gasteiger partial charge in [0.1, 0.15) is 11.5 Å². The van der Waals surface area contributed by atoms with Gasteiger partial charge in [-0.3, -0.25) is 4.90 Å². The van der Waals surface area contributed by atoms with Crippen molar-refractivity contribution in [2.24, 2.45) is 0 Å². The Morgan fingerprint density at radius 1 is 1.00 bits per heavy atom. The molecule has 0 saturated carbocycles. The third kappa shape index (κ3) is 2.90. The van der Waals surface area contributed by atoms with Crippen molar-refractivity contribution < 1.29 is 10.2 Å². The third-order valence-electron chi connectivity index (χ3n) is 3.49. The SMILES string of the molecule is CC(c1cc(O)cc(O)c1)N1CCN(C)CC1. The number of hydrogen-bond acceptors (Lipinski definition) is 4. The summed E-state index contributed by atoms with van der Waals surface area (Å²) in [6.07, 6.45) is 0. The van der Waals surface area contributed by atoms with Crippen LogP contribution >= 0.6 is 0 Å². The summed E-state index contributed by atoms with van der Waals surface area (Å²) in [6, 6.07) is 5.03. The molecule has 1 aromatic rings. The van der Waals surface area contributed by atoms with Crippen molar-refractivity contribution in [3.8, 4) is 11.5 Å². The van der Waals surface area contributed by atoms with E-state index in [9.17, 15) is 10.2 Å². The van der Waals surface area contributed by atoms with Gasteiger partial charge in [0.15, 0.2) is 0 Å². The van der Waals surface area contributed by atoms with Crippen molar-refractivity contribution in [3.05, 3.63) is 23.8 Å². The number of phenols is 2. The van der Waals surface area contributed by atoms with Crippen LogP contribution in [-0.4, -0.2) is 53.2 Å². The predicted molar refractivity (Wildman–Crippen MR) is 67.3 cm³/mol. The number of likely N-dealkylation sites (N-methyl/N-ethyl adjacent to an activating group) is 1. The number of hydrogen-bond donors (Lipinski definition) is 2.